The van der Waals surface area contributed by atoms with E-state index in [-0.39, 0.29) is 11.9 Å². The van der Waals surface area contributed by atoms with Crippen LogP contribution in [0.2, 0.25) is 0 Å². The van der Waals surface area contributed by atoms with Crippen LogP contribution < -0.4 is 11.1 Å². The summed E-state index contributed by atoms with van der Waals surface area (Å²) in [5.41, 5.74) is 5.83. The summed E-state index contributed by atoms with van der Waals surface area (Å²) < 4.78 is 0. The summed E-state index contributed by atoms with van der Waals surface area (Å²) >= 11 is 0. The second kappa shape index (κ2) is 6.50. The number of amides is 1. The van der Waals surface area contributed by atoms with Gasteiger partial charge in [0.05, 0.1) is 0 Å². The Bertz CT molecular complexity index is 272. The molecule has 1 aliphatic heterocycles. The molecule has 0 aromatic rings. The number of carbonyl (C=O) groups is 1. The molecular formula is C13H26N4O. The van der Waals surface area contributed by atoms with E-state index >= 15 is 0 Å². The van der Waals surface area contributed by atoms with Crippen molar-refractivity contribution >= 4 is 5.91 Å². The smallest absolute Gasteiger partial charge is 0.221 e. The zero-order chi connectivity index (χ0) is 13.0. The summed E-state index contributed by atoms with van der Waals surface area (Å²) in [5, 5.41) is 3.05. The number of nitrogens with zero attached hydrogens (tertiary/aromatic N) is 2. The lowest BCUT2D eigenvalue weighted by Gasteiger charge is -2.38. The molecule has 0 spiro atoms. The lowest BCUT2D eigenvalue weighted by Crippen LogP contribution is -2.53. The summed E-state index contributed by atoms with van der Waals surface area (Å²) in [6.45, 7) is 8.14. The summed E-state index contributed by atoms with van der Waals surface area (Å²) in [6, 6.07) is 0.663. The van der Waals surface area contributed by atoms with Gasteiger partial charge in [-0.1, -0.05) is 6.92 Å². The molecule has 1 unspecified atom stereocenters. The summed E-state index contributed by atoms with van der Waals surface area (Å²) in [7, 11) is 0. The van der Waals surface area contributed by atoms with Crippen LogP contribution >= 0.6 is 0 Å². The van der Waals surface area contributed by atoms with E-state index in [1.54, 1.807) is 0 Å². The maximum atomic E-state index is 11.8. The van der Waals surface area contributed by atoms with E-state index in [1.165, 1.54) is 0 Å². The highest BCUT2D eigenvalue weighted by Crippen LogP contribution is 2.19. The normalized spacial score (nSPS) is 23.9. The predicted molar refractivity (Wildman–Crippen MR) is 72.3 cm³/mol. The third-order valence-electron chi connectivity index (χ3n) is 4.01. The number of nitrogens with two attached hydrogens (primary N) is 1. The molecular weight excluding hydrogens is 228 g/mol. The molecule has 0 radical (unpaired) electrons. The van der Waals surface area contributed by atoms with E-state index in [9.17, 15) is 4.79 Å². The molecule has 0 aromatic heterocycles. The van der Waals surface area contributed by atoms with Crippen LogP contribution in [0, 0.1) is 0 Å². The highest BCUT2D eigenvalue weighted by Gasteiger charge is 2.27. The van der Waals surface area contributed by atoms with Crippen LogP contribution in [0.25, 0.3) is 0 Å². The van der Waals surface area contributed by atoms with Crippen LogP contribution in [0.5, 0.6) is 0 Å². The number of hydrogen-bond donors (Lipinski definition) is 2. The van der Waals surface area contributed by atoms with Gasteiger partial charge < -0.3 is 16.0 Å². The van der Waals surface area contributed by atoms with Crippen molar-refractivity contribution in [2.24, 2.45) is 5.73 Å². The molecule has 1 saturated carbocycles. The van der Waals surface area contributed by atoms with E-state index in [2.05, 4.69) is 22.0 Å². The first kappa shape index (κ1) is 13.8. The first-order chi connectivity index (χ1) is 8.72. The van der Waals surface area contributed by atoms with E-state index < -0.39 is 0 Å². The van der Waals surface area contributed by atoms with E-state index in [0.717, 1.165) is 45.6 Å². The summed E-state index contributed by atoms with van der Waals surface area (Å²) in [4.78, 5) is 16.6. The van der Waals surface area contributed by atoms with Crippen molar-refractivity contribution in [1.82, 2.24) is 15.1 Å². The molecule has 104 valence electrons. The Morgan fingerprint density at radius 3 is 2.50 bits per heavy atom. The fraction of sp³-hybridized carbons (Fsp3) is 0.923. The molecule has 1 aliphatic carbocycles. The van der Waals surface area contributed by atoms with Crippen molar-refractivity contribution in [3.8, 4) is 0 Å². The number of piperazine rings is 1. The molecule has 18 heavy (non-hydrogen) atoms. The van der Waals surface area contributed by atoms with Crippen LogP contribution in [-0.4, -0.2) is 67.1 Å². The van der Waals surface area contributed by atoms with Crippen molar-refractivity contribution in [3.05, 3.63) is 0 Å². The number of likely N-dealkylation sites (N-methyl/N-ethyl adjacent to an activating group) is 1. The van der Waals surface area contributed by atoms with Crippen LogP contribution in [0.3, 0.4) is 0 Å². The number of carbonyl (C=O) groups excluding carboxylic acids is 1. The number of nitrogens with one attached hydrogen (secondary N) is 1. The van der Waals surface area contributed by atoms with Gasteiger partial charge in [0.25, 0.3) is 0 Å². The van der Waals surface area contributed by atoms with E-state index in [1.807, 2.05) is 0 Å². The monoisotopic (exact) mass is 254 g/mol. The van der Waals surface area contributed by atoms with Gasteiger partial charge in [-0.2, -0.15) is 0 Å². The van der Waals surface area contributed by atoms with Crippen LogP contribution in [0.4, 0.5) is 0 Å². The molecule has 2 fully saturated rings. The molecule has 3 N–H and O–H groups in total. The van der Waals surface area contributed by atoms with Gasteiger partial charge in [0, 0.05) is 51.2 Å². The molecule has 0 bridgehead atoms. The molecule has 2 rings (SSSR count). The van der Waals surface area contributed by atoms with Gasteiger partial charge in [-0.05, 0) is 19.4 Å². The minimum absolute atomic E-state index is 0.172. The highest BCUT2D eigenvalue weighted by molar-refractivity contribution is 5.77. The van der Waals surface area contributed by atoms with Crippen molar-refractivity contribution in [1.29, 1.82) is 0 Å². The zero-order valence-electron chi connectivity index (χ0n) is 11.4. The van der Waals surface area contributed by atoms with Gasteiger partial charge >= 0.3 is 0 Å². The number of rotatable bonds is 6. The average molecular weight is 254 g/mol. The maximum Gasteiger partial charge on any atom is 0.221 e. The Hall–Kier alpha value is -0.650. The fourth-order valence-electron chi connectivity index (χ4n) is 2.53. The Labute approximate surface area is 110 Å². The second-order valence-corrected chi connectivity index (χ2v) is 5.41. The largest absolute Gasteiger partial charge is 0.353 e. The molecule has 1 saturated heterocycles. The topological polar surface area (TPSA) is 61.6 Å². The average Bonchev–Trinajstić information content (AvgIpc) is 3.20. The summed E-state index contributed by atoms with van der Waals surface area (Å²) in [5.74, 6) is 0.172. The van der Waals surface area contributed by atoms with Gasteiger partial charge in [-0.15, -0.1) is 0 Å². The predicted octanol–water partition coefficient (Wildman–Crippen LogP) is -0.380. The van der Waals surface area contributed by atoms with Gasteiger partial charge in [-0.3, -0.25) is 9.69 Å². The Balaban J connectivity index is 1.75. The third-order valence-corrected chi connectivity index (χ3v) is 4.01. The Kier molecular flexibility index (Phi) is 4.97. The molecule has 5 heteroatoms. The molecule has 1 atom stereocenters. The van der Waals surface area contributed by atoms with Gasteiger partial charge in [0.2, 0.25) is 5.91 Å². The van der Waals surface area contributed by atoms with Crippen LogP contribution in [0.1, 0.15) is 26.2 Å². The first-order valence-corrected chi connectivity index (χ1v) is 7.18. The van der Waals surface area contributed by atoms with E-state index in [4.69, 9.17) is 5.73 Å². The van der Waals surface area contributed by atoms with Crippen molar-refractivity contribution in [2.45, 2.75) is 38.3 Å². The lowest BCUT2D eigenvalue weighted by atomic mass is 10.1. The standard InChI is InChI=1S/C13H26N4O/c1-2-16-5-7-17(8-6-16)12(10-14)9-13(18)15-11-3-4-11/h11-12H,2-10,14H2,1H3,(H,15,18). The first-order valence-electron chi connectivity index (χ1n) is 7.18. The molecule has 1 heterocycles. The third kappa shape index (κ3) is 3.93. The summed E-state index contributed by atoms with van der Waals surface area (Å²) in [6.07, 6.45) is 2.85. The second-order valence-electron chi connectivity index (χ2n) is 5.41. The van der Waals surface area contributed by atoms with Crippen LogP contribution in [-0.2, 0) is 4.79 Å². The fourth-order valence-corrected chi connectivity index (χ4v) is 2.53. The van der Waals surface area contributed by atoms with Crippen molar-refractivity contribution in [3.63, 3.8) is 0 Å². The minimum Gasteiger partial charge on any atom is -0.353 e. The zero-order valence-corrected chi connectivity index (χ0v) is 11.4. The Morgan fingerprint density at radius 2 is 2.00 bits per heavy atom. The van der Waals surface area contributed by atoms with Crippen molar-refractivity contribution < 1.29 is 4.79 Å². The maximum absolute atomic E-state index is 11.8. The minimum atomic E-state index is 0.172. The molecule has 0 aromatic carbocycles. The molecule has 1 amide bonds. The van der Waals surface area contributed by atoms with E-state index in [0.29, 0.717) is 19.0 Å². The molecule has 5 nitrogen and oxygen atoms in total. The van der Waals surface area contributed by atoms with Gasteiger partial charge in [0.1, 0.15) is 0 Å². The highest BCUT2D eigenvalue weighted by atomic mass is 16.1. The Morgan fingerprint density at radius 1 is 1.33 bits per heavy atom. The van der Waals surface area contributed by atoms with Crippen LogP contribution in [0.15, 0.2) is 0 Å². The SMILES string of the molecule is CCN1CCN(C(CN)CC(=O)NC2CC2)CC1. The number of hydrogen-bond acceptors (Lipinski definition) is 4. The van der Waals surface area contributed by atoms with Crippen molar-refractivity contribution in [2.75, 3.05) is 39.3 Å². The quantitative estimate of drug-likeness (QED) is 0.678. The molecule has 2 aliphatic rings. The van der Waals surface area contributed by atoms with Gasteiger partial charge in [0.15, 0.2) is 0 Å². The lowest BCUT2D eigenvalue weighted by molar-refractivity contribution is -0.122. The van der Waals surface area contributed by atoms with Gasteiger partial charge in [-0.25, -0.2) is 0 Å².